The van der Waals surface area contributed by atoms with Crippen LogP contribution in [0.2, 0.25) is 5.02 Å². The quantitative estimate of drug-likeness (QED) is 0.616. The van der Waals surface area contributed by atoms with Crippen LogP contribution in [0.1, 0.15) is 30.3 Å². The number of carbonyl (C=O) groups excluding carboxylic acids is 1. The van der Waals surface area contributed by atoms with Gasteiger partial charge in [-0.05, 0) is 54.8 Å². The van der Waals surface area contributed by atoms with Crippen LogP contribution < -0.4 is 4.74 Å². The Kier molecular flexibility index (Phi) is 5.49. The van der Waals surface area contributed by atoms with E-state index in [0.29, 0.717) is 34.6 Å². The highest BCUT2D eigenvalue weighted by Gasteiger charge is 2.34. The third kappa shape index (κ3) is 4.10. The van der Waals surface area contributed by atoms with E-state index in [-0.39, 0.29) is 24.2 Å². The third-order valence-corrected chi connectivity index (χ3v) is 5.27. The van der Waals surface area contributed by atoms with Crippen LogP contribution >= 0.6 is 11.6 Å². The van der Waals surface area contributed by atoms with Crippen molar-refractivity contribution >= 4 is 17.5 Å². The van der Waals surface area contributed by atoms with Crippen LogP contribution in [0.4, 0.5) is 4.39 Å². The lowest BCUT2D eigenvalue weighted by Crippen LogP contribution is -2.32. The minimum absolute atomic E-state index is 0.0322. The smallest absolute Gasteiger partial charge is 0.249 e. The number of hydrogen-bond acceptors (Lipinski definition) is 5. The number of rotatable bonds is 5. The number of halogens is 2. The molecule has 150 valence electrons. The molecule has 0 bridgehead atoms. The van der Waals surface area contributed by atoms with Crippen LogP contribution in [0.25, 0.3) is 11.4 Å². The lowest BCUT2D eigenvalue weighted by molar-refractivity contribution is -0.131. The molecular weight excluding hydrogens is 397 g/mol. The molecule has 0 spiro atoms. The van der Waals surface area contributed by atoms with E-state index < -0.39 is 0 Å². The molecule has 0 aliphatic carbocycles. The van der Waals surface area contributed by atoms with Crippen LogP contribution in [-0.4, -0.2) is 34.6 Å². The Labute approximate surface area is 172 Å². The molecule has 1 saturated heterocycles. The second kappa shape index (κ2) is 8.21. The van der Waals surface area contributed by atoms with E-state index in [0.717, 1.165) is 18.4 Å². The molecule has 1 aliphatic heterocycles. The van der Waals surface area contributed by atoms with E-state index >= 15 is 0 Å². The highest BCUT2D eigenvalue weighted by molar-refractivity contribution is 6.32. The molecule has 1 amide bonds. The van der Waals surface area contributed by atoms with E-state index in [9.17, 15) is 9.18 Å². The summed E-state index contributed by atoms with van der Waals surface area (Å²) in [6.07, 6.45) is 1.83. The Balaban J connectivity index is 1.49. The second-order valence-electron chi connectivity index (χ2n) is 6.85. The van der Waals surface area contributed by atoms with Crippen LogP contribution in [0.5, 0.6) is 5.75 Å². The number of methoxy groups -OCH3 is 1. The zero-order chi connectivity index (χ0) is 20.4. The van der Waals surface area contributed by atoms with Crippen LogP contribution in [0, 0.1) is 5.82 Å². The molecule has 1 aromatic heterocycles. The molecule has 0 radical (unpaired) electrons. The molecule has 6 nitrogen and oxygen atoms in total. The van der Waals surface area contributed by atoms with Gasteiger partial charge in [0, 0.05) is 12.1 Å². The molecule has 1 fully saturated rings. The molecular formula is C21H19ClFN3O3. The van der Waals surface area contributed by atoms with Gasteiger partial charge in [0.2, 0.25) is 17.6 Å². The maximum Gasteiger partial charge on any atom is 0.249 e. The Morgan fingerprint density at radius 2 is 2.10 bits per heavy atom. The maximum atomic E-state index is 13.1. The van der Waals surface area contributed by atoms with E-state index in [1.54, 1.807) is 36.3 Å². The lowest BCUT2D eigenvalue weighted by Gasteiger charge is -2.22. The Bertz CT molecular complexity index is 1020. The molecule has 2 aromatic carbocycles. The monoisotopic (exact) mass is 415 g/mol. The average Bonchev–Trinajstić information content (AvgIpc) is 3.38. The second-order valence-corrected chi connectivity index (χ2v) is 7.26. The number of benzene rings is 2. The number of likely N-dealkylation sites (tertiary alicyclic amines) is 1. The fraction of sp³-hybridized carbons (Fsp3) is 0.286. The van der Waals surface area contributed by atoms with Gasteiger partial charge in [-0.1, -0.05) is 22.8 Å². The highest BCUT2D eigenvalue weighted by atomic mass is 35.5. The first kappa shape index (κ1) is 19.4. The van der Waals surface area contributed by atoms with Gasteiger partial charge in [0.05, 0.1) is 18.6 Å². The first-order valence-corrected chi connectivity index (χ1v) is 9.64. The topological polar surface area (TPSA) is 68.5 Å². The number of hydrogen-bond donors (Lipinski definition) is 0. The molecule has 29 heavy (non-hydrogen) atoms. The van der Waals surface area contributed by atoms with Gasteiger partial charge in [0.1, 0.15) is 17.6 Å². The molecule has 0 saturated carbocycles. The van der Waals surface area contributed by atoms with E-state index in [4.69, 9.17) is 20.9 Å². The van der Waals surface area contributed by atoms with Gasteiger partial charge < -0.3 is 14.2 Å². The molecule has 1 unspecified atom stereocenters. The zero-order valence-electron chi connectivity index (χ0n) is 15.8. The zero-order valence-corrected chi connectivity index (χ0v) is 16.5. The summed E-state index contributed by atoms with van der Waals surface area (Å²) < 4.78 is 23.7. The molecule has 8 heteroatoms. The summed E-state index contributed by atoms with van der Waals surface area (Å²) in [4.78, 5) is 19.1. The number of amides is 1. The van der Waals surface area contributed by atoms with Crippen molar-refractivity contribution in [2.24, 2.45) is 0 Å². The van der Waals surface area contributed by atoms with Gasteiger partial charge in [-0.3, -0.25) is 4.79 Å². The fourth-order valence-corrected chi connectivity index (χ4v) is 3.79. The van der Waals surface area contributed by atoms with Gasteiger partial charge in [-0.2, -0.15) is 4.98 Å². The van der Waals surface area contributed by atoms with Crippen LogP contribution in [0.3, 0.4) is 0 Å². The normalized spacial score (nSPS) is 16.2. The molecule has 1 aliphatic rings. The first-order chi connectivity index (χ1) is 14.0. The molecule has 0 N–H and O–H groups in total. The first-order valence-electron chi connectivity index (χ1n) is 9.26. The van der Waals surface area contributed by atoms with Crippen molar-refractivity contribution in [3.05, 3.63) is 64.8 Å². The van der Waals surface area contributed by atoms with E-state index in [1.165, 1.54) is 12.1 Å². The summed E-state index contributed by atoms with van der Waals surface area (Å²) >= 11 is 6.16. The molecule has 2 heterocycles. The summed E-state index contributed by atoms with van der Waals surface area (Å²) in [6, 6.07) is 10.9. The molecule has 3 aromatic rings. The molecule has 4 rings (SSSR count). The highest BCUT2D eigenvalue weighted by Crippen LogP contribution is 2.33. The number of ether oxygens (including phenoxy) is 1. The standard InChI is InChI=1S/C21H19ClFN3O3/c1-28-18-9-4-13(11-16(18)22)12-19(27)26-10-2-3-17(26)21-24-20(25-29-21)14-5-7-15(23)8-6-14/h4-9,11,17H,2-3,10,12H2,1H3. The third-order valence-electron chi connectivity index (χ3n) is 4.97. The summed E-state index contributed by atoms with van der Waals surface area (Å²) in [6.45, 7) is 0.627. The van der Waals surface area contributed by atoms with Crippen molar-refractivity contribution in [1.82, 2.24) is 15.0 Å². The van der Waals surface area contributed by atoms with Gasteiger partial charge in [-0.25, -0.2) is 4.39 Å². The summed E-state index contributed by atoms with van der Waals surface area (Å²) in [5.41, 5.74) is 1.47. The summed E-state index contributed by atoms with van der Waals surface area (Å²) in [5.74, 6) is 0.976. The SMILES string of the molecule is COc1ccc(CC(=O)N2CCCC2c2nc(-c3ccc(F)cc3)no2)cc1Cl. The fourth-order valence-electron chi connectivity index (χ4n) is 3.50. The predicted molar refractivity (Wildman–Crippen MR) is 105 cm³/mol. The average molecular weight is 416 g/mol. The van der Waals surface area contributed by atoms with E-state index in [1.807, 2.05) is 6.07 Å². The summed E-state index contributed by atoms with van der Waals surface area (Å²) in [5, 5.41) is 4.46. The van der Waals surface area contributed by atoms with Crippen molar-refractivity contribution in [3.63, 3.8) is 0 Å². The number of aromatic nitrogens is 2. The molecule has 1 atom stereocenters. The van der Waals surface area contributed by atoms with Crippen LogP contribution in [0.15, 0.2) is 47.0 Å². The van der Waals surface area contributed by atoms with Gasteiger partial charge in [-0.15, -0.1) is 0 Å². The largest absolute Gasteiger partial charge is 0.495 e. The van der Waals surface area contributed by atoms with Crippen molar-refractivity contribution < 1.29 is 18.4 Å². The lowest BCUT2D eigenvalue weighted by atomic mass is 10.1. The van der Waals surface area contributed by atoms with Crippen molar-refractivity contribution in [2.45, 2.75) is 25.3 Å². The number of nitrogens with zero attached hydrogens (tertiary/aromatic N) is 3. The predicted octanol–water partition coefficient (Wildman–Crippen LogP) is 4.44. The van der Waals surface area contributed by atoms with E-state index in [2.05, 4.69) is 10.1 Å². The van der Waals surface area contributed by atoms with Crippen molar-refractivity contribution in [2.75, 3.05) is 13.7 Å². The van der Waals surface area contributed by atoms with Crippen molar-refractivity contribution in [3.8, 4) is 17.1 Å². The van der Waals surface area contributed by atoms with Gasteiger partial charge >= 0.3 is 0 Å². The Morgan fingerprint density at radius 1 is 1.31 bits per heavy atom. The Hall–Kier alpha value is -2.93. The number of carbonyl (C=O) groups is 1. The summed E-state index contributed by atoms with van der Waals surface area (Å²) in [7, 11) is 1.55. The van der Waals surface area contributed by atoms with Gasteiger partial charge in [0.15, 0.2) is 0 Å². The minimum atomic E-state index is -0.330. The maximum absolute atomic E-state index is 13.1. The minimum Gasteiger partial charge on any atom is -0.495 e. The van der Waals surface area contributed by atoms with Crippen molar-refractivity contribution in [1.29, 1.82) is 0 Å². The van der Waals surface area contributed by atoms with Gasteiger partial charge in [0.25, 0.3) is 0 Å². The van der Waals surface area contributed by atoms with Crippen LogP contribution in [-0.2, 0) is 11.2 Å². The Morgan fingerprint density at radius 3 is 2.83 bits per heavy atom.